The summed E-state index contributed by atoms with van der Waals surface area (Å²) in [5.41, 5.74) is 8.89. The van der Waals surface area contributed by atoms with Crippen molar-refractivity contribution in [2.45, 2.75) is 26.3 Å². The van der Waals surface area contributed by atoms with Gasteiger partial charge in [-0.15, -0.1) is 0 Å². The molecule has 1 aromatic carbocycles. The largest absolute Gasteiger partial charge is 0.493 e. The van der Waals surface area contributed by atoms with Crippen molar-refractivity contribution in [2.75, 3.05) is 31.8 Å². The lowest BCUT2D eigenvalue weighted by Crippen LogP contribution is -2.21. The number of methoxy groups -OCH3 is 2. The fourth-order valence-corrected chi connectivity index (χ4v) is 3.76. The maximum Gasteiger partial charge on any atom is 0.261 e. The number of hydrogen-bond acceptors (Lipinski definition) is 9. The molecule has 0 radical (unpaired) electrons. The van der Waals surface area contributed by atoms with Crippen LogP contribution in [0, 0.1) is 0 Å². The molecule has 0 fully saturated rings. The fourth-order valence-electron chi connectivity index (χ4n) is 3.76. The minimum absolute atomic E-state index is 0.264. The van der Waals surface area contributed by atoms with Gasteiger partial charge in [0.05, 0.1) is 48.4 Å². The first-order chi connectivity index (χ1) is 17.0. The Kier molecular flexibility index (Phi) is 6.95. The summed E-state index contributed by atoms with van der Waals surface area (Å²) < 4.78 is 10.8. The second kappa shape index (κ2) is 10.2. The van der Waals surface area contributed by atoms with Crippen LogP contribution in [-0.2, 0) is 0 Å². The minimum atomic E-state index is -0.374. The van der Waals surface area contributed by atoms with E-state index in [-0.39, 0.29) is 17.2 Å². The molecular formula is C24H28N8O3. The fraction of sp³-hybridized carbons (Fsp3) is 0.292. The Bertz CT molecular complexity index is 1370. The van der Waals surface area contributed by atoms with E-state index < -0.39 is 0 Å². The van der Waals surface area contributed by atoms with Crippen LogP contribution in [0.25, 0.3) is 22.4 Å². The van der Waals surface area contributed by atoms with E-state index in [4.69, 9.17) is 15.2 Å². The number of H-pyrrole nitrogens is 2. The Labute approximate surface area is 201 Å². The SMILES string of the molecule is CCN=Cc1[nH]c(=O)c(-c2nc3cc(OC)c(OC)cc3[nH]2)c(N[C@@H](CC)c2ncccn2)c1N. The molecule has 4 rings (SSSR count). The molecular weight excluding hydrogens is 448 g/mol. The van der Waals surface area contributed by atoms with Gasteiger partial charge in [0, 0.05) is 37.3 Å². The smallest absolute Gasteiger partial charge is 0.261 e. The molecule has 0 unspecified atom stereocenters. The van der Waals surface area contributed by atoms with E-state index in [1.807, 2.05) is 13.8 Å². The minimum Gasteiger partial charge on any atom is -0.493 e. The second-order valence-corrected chi connectivity index (χ2v) is 7.68. The lowest BCUT2D eigenvalue weighted by molar-refractivity contribution is 0.356. The van der Waals surface area contributed by atoms with E-state index in [0.29, 0.717) is 64.2 Å². The third kappa shape index (κ3) is 4.65. The predicted molar refractivity (Wildman–Crippen MR) is 136 cm³/mol. The molecule has 0 aliphatic heterocycles. The zero-order chi connectivity index (χ0) is 24.9. The molecule has 0 saturated heterocycles. The zero-order valence-electron chi connectivity index (χ0n) is 20.0. The van der Waals surface area contributed by atoms with E-state index in [1.165, 1.54) is 0 Å². The molecule has 11 nitrogen and oxygen atoms in total. The number of imidazole rings is 1. The molecule has 0 amide bonds. The lowest BCUT2D eigenvalue weighted by Gasteiger charge is -2.20. The van der Waals surface area contributed by atoms with Crippen LogP contribution in [-0.4, -0.2) is 51.9 Å². The predicted octanol–water partition coefficient (Wildman–Crippen LogP) is 3.31. The topological polar surface area (TPSA) is 156 Å². The Morgan fingerprint density at radius 3 is 2.51 bits per heavy atom. The summed E-state index contributed by atoms with van der Waals surface area (Å²) in [4.78, 5) is 37.0. The summed E-state index contributed by atoms with van der Waals surface area (Å²) in [6.07, 6.45) is 5.56. The first kappa shape index (κ1) is 23.7. The number of nitrogens with zero attached hydrogens (tertiary/aromatic N) is 4. The summed E-state index contributed by atoms with van der Waals surface area (Å²) in [7, 11) is 3.11. The average Bonchev–Trinajstić information content (AvgIpc) is 3.29. The van der Waals surface area contributed by atoms with E-state index in [2.05, 4.69) is 35.2 Å². The Hall–Kier alpha value is -4.41. The average molecular weight is 477 g/mol. The molecule has 35 heavy (non-hydrogen) atoms. The number of fused-ring (bicyclic) bond motifs is 1. The molecule has 0 spiro atoms. The van der Waals surface area contributed by atoms with Crippen LogP contribution in [0.15, 0.2) is 40.4 Å². The van der Waals surface area contributed by atoms with Gasteiger partial charge >= 0.3 is 0 Å². The number of ether oxygens (including phenoxy) is 2. The third-order valence-electron chi connectivity index (χ3n) is 5.54. The van der Waals surface area contributed by atoms with Gasteiger partial charge < -0.3 is 30.5 Å². The van der Waals surface area contributed by atoms with Crippen LogP contribution in [0.1, 0.15) is 37.8 Å². The van der Waals surface area contributed by atoms with Crippen molar-refractivity contribution in [1.29, 1.82) is 0 Å². The van der Waals surface area contributed by atoms with Crippen molar-refractivity contribution >= 4 is 28.6 Å². The normalized spacial score (nSPS) is 12.2. The standard InChI is InChI=1S/C24H28N8O3/c1-5-13(22-27-8-7-9-28-22)29-21-19(24(33)32-16(20(21)25)12-26-6-2)23-30-14-10-17(34-3)18(35-4)11-15(14)31-23/h7-13H,5-6,25H2,1-4H3,(H,30,31)(H2,29,32,33)/t13-/m0/s1. The summed E-state index contributed by atoms with van der Waals surface area (Å²) >= 11 is 0. The van der Waals surface area contributed by atoms with Gasteiger partial charge in [-0.2, -0.15) is 0 Å². The maximum absolute atomic E-state index is 13.4. The van der Waals surface area contributed by atoms with Crippen LogP contribution in [0.3, 0.4) is 0 Å². The molecule has 5 N–H and O–H groups in total. The summed E-state index contributed by atoms with van der Waals surface area (Å²) in [6, 6.07) is 4.97. The van der Waals surface area contributed by atoms with E-state index in [9.17, 15) is 4.79 Å². The summed E-state index contributed by atoms with van der Waals surface area (Å²) in [5, 5.41) is 3.39. The number of benzene rings is 1. The van der Waals surface area contributed by atoms with Gasteiger partial charge in [0.15, 0.2) is 11.5 Å². The highest BCUT2D eigenvalue weighted by atomic mass is 16.5. The molecule has 0 aliphatic rings. The van der Waals surface area contributed by atoms with Crippen LogP contribution in [0.5, 0.6) is 11.5 Å². The lowest BCUT2D eigenvalue weighted by atomic mass is 10.1. The quantitative estimate of drug-likeness (QED) is 0.268. The number of aromatic nitrogens is 5. The number of rotatable bonds is 9. The molecule has 4 aromatic rings. The van der Waals surface area contributed by atoms with Gasteiger partial charge in [0.25, 0.3) is 5.56 Å². The van der Waals surface area contributed by atoms with Crippen LogP contribution in [0.2, 0.25) is 0 Å². The molecule has 0 bridgehead atoms. The third-order valence-corrected chi connectivity index (χ3v) is 5.54. The van der Waals surface area contributed by atoms with Gasteiger partial charge in [-0.1, -0.05) is 6.92 Å². The first-order valence-corrected chi connectivity index (χ1v) is 11.2. The monoisotopic (exact) mass is 476 g/mol. The van der Waals surface area contributed by atoms with Gasteiger partial charge in [-0.05, 0) is 19.4 Å². The van der Waals surface area contributed by atoms with Gasteiger partial charge in [-0.25, -0.2) is 15.0 Å². The van der Waals surface area contributed by atoms with Crippen molar-refractivity contribution in [3.05, 3.63) is 52.5 Å². The van der Waals surface area contributed by atoms with Crippen molar-refractivity contribution in [1.82, 2.24) is 24.9 Å². The maximum atomic E-state index is 13.4. The van der Waals surface area contributed by atoms with Crippen molar-refractivity contribution in [3.8, 4) is 22.9 Å². The molecule has 182 valence electrons. The molecule has 0 saturated carbocycles. The number of nitrogen functional groups attached to an aromatic ring is 1. The number of nitrogens with two attached hydrogens (primary N) is 1. The zero-order valence-corrected chi connectivity index (χ0v) is 20.0. The number of pyridine rings is 1. The van der Waals surface area contributed by atoms with Crippen molar-refractivity contribution in [2.24, 2.45) is 4.99 Å². The van der Waals surface area contributed by atoms with E-state index in [0.717, 1.165) is 0 Å². The summed E-state index contributed by atoms with van der Waals surface area (Å²) in [5.74, 6) is 2.00. The van der Waals surface area contributed by atoms with Crippen LogP contribution in [0.4, 0.5) is 11.4 Å². The van der Waals surface area contributed by atoms with Crippen molar-refractivity contribution < 1.29 is 9.47 Å². The molecule has 3 heterocycles. The van der Waals surface area contributed by atoms with Crippen LogP contribution >= 0.6 is 0 Å². The van der Waals surface area contributed by atoms with Crippen LogP contribution < -0.4 is 26.1 Å². The van der Waals surface area contributed by atoms with Gasteiger partial charge in [0.2, 0.25) is 0 Å². The Morgan fingerprint density at radius 2 is 1.86 bits per heavy atom. The van der Waals surface area contributed by atoms with E-state index >= 15 is 0 Å². The number of aliphatic imine (C=N–C) groups is 1. The molecule has 3 aromatic heterocycles. The number of anilines is 2. The molecule has 1 atom stereocenters. The number of aromatic amines is 2. The van der Waals surface area contributed by atoms with Gasteiger partial charge in [0.1, 0.15) is 17.2 Å². The van der Waals surface area contributed by atoms with E-state index in [1.54, 1.807) is 51.0 Å². The highest BCUT2D eigenvalue weighted by Gasteiger charge is 2.23. The van der Waals surface area contributed by atoms with Crippen molar-refractivity contribution in [3.63, 3.8) is 0 Å². The highest BCUT2D eigenvalue weighted by Crippen LogP contribution is 2.36. The summed E-state index contributed by atoms with van der Waals surface area (Å²) in [6.45, 7) is 4.44. The highest BCUT2D eigenvalue weighted by molar-refractivity contribution is 5.95. The number of hydrogen-bond donors (Lipinski definition) is 4. The Morgan fingerprint density at radius 1 is 1.14 bits per heavy atom. The Balaban J connectivity index is 1.91. The molecule has 0 aliphatic carbocycles. The molecule has 11 heteroatoms. The first-order valence-electron chi connectivity index (χ1n) is 11.2. The van der Waals surface area contributed by atoms with Gasteiger partial charge in [-0.3, -0.25) is 9.79 Å². The second-order valence-electron chi connectivity index (χ2n) is 7.68. The number of nitrogens with one attached hydrogen (secondary N) is 3.